The third kappa shape index (κ3) is 4.44. The van der Waals surface area contributed by atoms with Gasteiger partial charge in [-0.25, -0.2) is 19.9 Å². The number of methoxy groups -OCH3 is 1. The van der Waals surface area contributed by atoms with Gasteiger partial charge in [-0.2, -0.15) is 4.39 Å². The van der Waals surface area contributed by atoms with Gasteiger partial charge in [0.15, 0.2) is 5.78 Å². The van der Waals surface area contributed by atoms with Crippen molar-refractivity contribution in [3.05, 3.63) is 71.3 Å². The first-order valence-corrected chi connectivity index (χ1v) is 11.0. The van der Waals surface area contributed by atoms with Crippen molar-refractivity contribution < 1.29 is 18.7 Å². The molecule has 0 aliphatic carbocycles. The zero-order chi connectivity index (χ0) is 23.5. The Morgan fingerprint density at radius 1 is 1.24 bits per heavy atom. The van der Waals surface area contributed by atoms with E-state index in [1.807, 2.05) is 6.07 Å². The summed E-state index contributed by atoms with van der Waals surface area (Å²) in [6.07, 6.45) is 7.05. The number of hydrogen-bond donors (Lipinski definition) is 2. The minimum Gasteiger partial charge on any atom is -0.481 e. The van der Waals surface area contributed by atoms with Crippen molar-refractivity contribution in [1.82, 2.24) is 24.9 Å². The van der Waals surface area contributed by atoms with Gasteiger partial charge in [0, 0.05) is 43.7 Å². The molecule has 0 saturated carbocycles. The fourth-order valence-corrected chi connectivity index (χ4v) is 4.02. The Morgan fingerprint density at radius 3 is 2.88 bits per heavy atom. The number of rotatable bonds is 8. The summed E-state index contributed by atoms with van der Waals surface area (Å²) in [5.41, 5.74) is 1.99. The number of ketones is 1. The Kier molecular flexibility index (Phi) is 6.13. The van der Waals surface area contributed by atoms with E-state index in [4.69, 9.17) is 9.47 Å². The number of ether oxygens (including phenoxy) is 2. The van der Waals surface area contributed by atoms with Gasteiger partial charge in [-0.05, 0) is 30.5 Å². The normalized spacial score (nSPS) is 15.5. The zero-order valence-corrected chi connectivity index (χ0v) is 18.5. The summed E-state index contributed by atoms with van der Waals surface area (Å²) in [5.74, 6) is -0.328. The second kappa shape index (κ2) is 9.52. The lowest BCUT2D eigenvalue weighted by atomic mass is 10.0. The molecule has 2 N–H and O–H groups in total. The van der Waals surface area contributed by atoms with Crippen molar-refractivity contribution >= 4 is 22.6 Å². The van der Waals surface area contributed by atoms with E-state index in [9.17, 15) is 9.18 Å². The molecule has 1 atom stereocenters. The second-order valence-electron chi connectivity index (χ2n) is 8.02. The highest BCUT2D eigenvalue weighted by Gasteiger charge is 2.23. The van der Waals surface area contributed by atoms with Crippen molar-refractivity contribution in [2.45, 2.75) is 25.4 Å². The molecule has 0 radical (unpaired) electrons. The Labute approximate surface area is 194 Å². The maximum absolute atomic E-state index is 14.9. The van der Waals surface area contributed by atoms with Gasteiger partial charge in [-0.3, -0.25) is 4.79 Å². The number of fused-ring (bicyclic) bond motifs is 1. The highest BCUT2D eigenvalue weighted by Crippen LogP contribution is 2.27. The highest BCUT2D eigenvalue weighted by molar-refractivity contribution is 6.18. The number of nitrogens with zero attached hydrogens (tertiary/aromatic N) is 4. The Bertz CT molecular complexity index is 1320. The standard InChI is InChI=1S/C24H23FN6O3/c1-33-19-7-4-14(10-26-19)9-15-5-6-17(22(25)31-15)21(32)18-12-28-24-20(18)23(29-13-30-24)27-11-16-3-2-8-34-16/h4-7,10,12-13,16H,2-3,8-9,11H2,1H3,(H2,27,28,29,30). The fraction of sp³-hybridized carbons (Fsp3) is 0.292. The summed E-state index contributed by atoms with van der Waals surface area (Å²) in [6.45, 7) is 1.31. The zero-order valence-electron chi connectivity index (χ0n) is 18.5. The molecule has 0 bridgehead atoms. The van der Waals surface area contributed by atoms with E-state index in [1.165, 1.54) is 25.7 Å². The highest BCUT2D eigenvalue weighted by atomic mass is 19.1. The monoisotopic (exact) mass is 462 g/mol. The number of aromatic nitrogens is 5. The lowest BCUT2D eigenvalue weighted by molar-refractivity contribution is 0.103. The van der Waals surface area contributed by atoms with E-state index < -0.39 is 11.7 Å². The van der Waals surface area contributed by atoms with Crippen LogP contribution in [-0.4, -0.2) is 57.1 Å². The number of anilines is 1. The SMILES string of the molecule is COc1ccc(Cc2ccc(C(=O)c3c[nH]c4ncnc(NCC5CCCO5)c34)c(F)n2)cn1. The number of aromatic amines is 1. The predicted molar refractivity (Wildman–Crippen MR) is 123 cm³/mol. The van der Waals surface area contributed by atoms with Gasteiger partial charge >= 0.3 is 0 Å². The minimum atomic E-state index is -0.830. The molecule has 9 nitrogen and oxygen atoms in total. The third-order valence-corrected chi connectivity index (χ3v) is 5.78. The van der Waals surface area contributed by atoms with Crippen LogP contribution in [0.25, 0.3) is 11.0 Å². The van der Waals surface area contributed by atoms with E-state index in [2.05, 4.69) is 30.2 Å². The Balaban J connectivity index is 1.38. The van der Waals surface area contributed by atoms with E-state index >= 15 is 0 Å². The molecule has 34 heavy (non-hydrogen) atoms. The van der Waals surface area contributed by atoms with Crippen LogP contribution in [-0.2, 0) is 11.2 Å². The maximum atomic E-state index is 14.9. The molecule has 5 rings (SSSR count). The number of nitrogens with one attached hydrogen (secondary N) is 2. The molecule has 0 aromatic carbocycles. The molecule has 174 valence electrons. The number of pyridine rings is 2. The van der Waals surface area contributed by atoms with Crippen LogP contribution in [0.15, 0.2) is 43.0 Å². The molecule has 1 unspecified atom stereocenters. The lowest BCUT2D eigenvalue weighted by Crippen LogP contribution is -2.19. The van der Waals surface area contributed by atoms with Gasteiger partial charge in [0.05, 0.1) is 29.7 Å². The van der Waals surface area contributed by atoms with Crippen molar-refractivity contribution in [1.29, 1.82) is 0 Å². The number of hydrogen-bond acceptors (Lipinski definition) is 8. The molecular formula is C24H23FN6O3. The molecule has 4 aromatic rings. The van der Waals surface area contributed by atoms with Crippen molar-refractivity contribution in [3.8, 4) is 5.88 Å². The summed E-state index contributed by atoms with van der Waals surface area (Å²) < 4.78 is 25.6. The van der Waals surface area contributed by atoms with Gasteiger partial charge in [0.25, 0.3) is 0 Å². The smallest absolute Gasteiger partial charge is 0.224 e. The number of H-pyrrole nitrogens is 1. The summed E-state index contributed by atoms with van der Waals surface area (Å²) in [5, 5.41) is 3.76. The van der Waals surface area contributed by atoms with Crippen molar-refractivity contribution in [2.75, 3.05) is 25.6 Å². The van der Waals surface area contributed by atoms with Gasteiger partial charge in [-0.15, -0.1) is 0 Å². The van der Waals surface area contributed by atoms with Crippen LogP contribution in [0, 0.1) is 5.95 Å². The molecule has 1 aliphatic rings. The number of carbonyl (C=O) groups is 1. The average molecular weight is 462 g/mol. The van der Waals surface area contributed by atoms with Crippen LogP contribution in [0.5, 0.6) is 5.88 Å². The van der Waals surface area contributed by atoms with Crippen molar-refractivity contribution in [2.24, 2.45) is 0 Å². The van der Waals surface area contributed by atoms with Crippen LogP contribution < -0.4 is 10.1 Å². The molecule has 5 heterocycles. The first kappa shape index (κ1) is 21.9. The fourth-order valence-electron chi connectivity index (χ4n) is 4.02. The van der Waals surface area contributed by atoms with Gasteiger partial charge in [0.1, 0.15) is 17.8 Å². The van der Waals surface area contributed by atoms with Crippen LogP contribution in [0.2, 0.25) is 0 Å². The van der Waals surface area contributed by atoms with Crippen LogP contribution in [0.4, 0.5) is 10.2 Å². The second-order valence-corrected chi connectivity index (χ2v) is 8.02. The quantitative estimate of drug-likeness (QED) is 0.303. The summed E-state index contributed by atoms with van der Waals surface area (Å²) in [7, 11) is 1.54. The maximum Gasteiger partial charge on any atom is 0.224 e. The van der Waals surface area contributed by atoms with E-state index in [1.54, 1.807) is 18.3 Å². The summed E-state index contributed by atoms with van der Waals surface area (Å²) in [6, 6.07) is 6.66. The summed E-state index contributed by atoms with van der Waals surface area (Å²) in [4.78, 5) is 32.9. The third-order valence-electron chi connectivity index (χ3n) is 5.78. The van der Waals surface area contributed by atoms with E-state index in [0.29, 0.717) is 41.4 Å². The Hall–Kier alpha value is -3.92. The van der Waals surface area contributed by atoms with E-state index in [-0.39, 0.29) is 17.2 Å². The lowest BCUT2D eigenvalue weighted by Gasteiger charge is -2.12. The van der Waals surface area contributed by atoms with Crippen LogP contribution >= 0.6 is 0 Å². The molecule has 1 fully saturated rings. The largest absolute Gasteiger partial charge is 0.481 e. The molecule has 0 spiro atoms. The van der Waals surface area contributed by atoms with Gasteiger partial charge in [0.2, 0.25) is 11.8 Å². The molecule has 10 heteroatoms. The van der Waals surface area contributed by atoms with Crippen molar-refractivity contribution in [3.63, 3.8) is 0 Å². The van der Waals surface area contributed by atoms with Crippen LogP contribution in [0.1, 0.15) is 40.0 Å². The van der Waals surface area contributed by atoms with E-state index in [0.717, 1.165) is 25.0 Å². The van der Waals surface area contributed by atoms with Crippen LogP contribution in [0.3, 0.4) is 0 Å². The molecule has 1 saturated heterocycles. The number of carbonyl (C=O) groups excluding carboxylic acids is 1. The average Bonchev–Trinajstić information content (AvgIpc) is 3.53. The van der Waals surface area contributed by atoms with Gasteiger partial charge < -0.3 is 19.8 Å². The molecule has 4 aromatic heterocycles. The molecule has 1 aliphatic heterocycles. The first-order chi connectivity index (χ1) is 16.6. The minimum absolute atomic E-state index is 0.0956. The summed E-state index contributed by atoms with van der Waals surface area (Å²) >= 11 is 0. The Morgan fingerprint density at radius 2 is 2.15 bits per heavy atom. The van der Waals surface area contributed by atoms with Gasteiger partial charge in [-0.1, -0.05) is 6.07 Å². The topological polar surface area (TPSA) is 115 Å². The molecular weight excluding hydrogens is 439 g/mol. The first-order valence-electron chi connectivity index (χ1n) is 11.0. The number of halogens is 1. The predicted octanol–water partition coefficient (Wildman–Crippen LogP) is 3.31. The molecule has 0 amide bonds.